The minimum Gasteiger partial charge on any atom is -0.490 e. The third-order valence-electron chi connectivity index (χ3n) is 5.12. The average Bonchev–Trinajstić information content (AvgIpc) is 2.80. The topological polar surface area (TPSA) is 109 Å². The van der Waals surface area contributed by atoms with Crippen molar-refractivity contribution in [3.8, 4) is 11.5 Å². The number of nitrogens with zero attached hydrogens (tertiary/aromatic N) is 4. The smallest absolute Gasteiger partial charge is 0.315 e. The van der Waals surface area contributed by atoms with E-state index in [0.717, 1.165) is 10.9 Å². The van der Waals surface area contributed by atoms with Crippen LogP contribution >= 0.6 is 15.9 Å². The third-order valence-corrected chi connectivity index (χ3v) is 5.61. The SMILES string of the molecule is CCCc1nc2ccc(Br)cc2c(=O)n1N=Cc1cc(OCC)c(O[C@H](C)CC)c([N+](=O)[O-])c1. The highest BCUT2D eigenvalue weighted by molar-refractivity contribution is 9.10. The number of aromatic nitrogens is 2. The molecule has 0 unspecified atom stereocenters. The Balaban J connectivity index is 2.14. The zero-order chi connectivity index (χ0) is 24.8. The number of halogens is 1. The van der Waals surface area contributed by atoms with E-state index in [0.29, 0.717) is 41.7 Å². The van der Waals surface area contributed by atoms with Crippen molar-refractivity contribution in [3.05, 3.63) is 66.7 Å². The summed E-state index contributed by atoms with van der Waals surface area (Å²) < 4.78 is 13.5. The normalized spacial score (nSPS) is 12.3. The number of hydrogen-bond donors (Lipinski definition) is 0. The molecule has 0 aliphatic rings. The molecule has 10 heteroatoms. The third kappa shape index (κ3) is 5.61. The predicted octanol–water partition coefficient (Wildman–Crippen LogP) is 5.48. The van der Waals surface area contributed by atoms with Gasteiger partial charge in [-0.1, -0.05) is 29.8 Å². The van der Waals surface area contributed by atoms with Gasteiger partial charge in [0, 0.05) is 22.5 Å². The minimum absolute atomic E-state index is 0.0828. The molecular weight excluding hydrogens is 504 g/mol. The molecule has 0 amide bonds. The lowest BCUT2D eigenvalue weighted by Gasteiger charge is -2.16. The van der Waals surface area contributed by atoms with Gasteiger partial charge < -0.3 is 9.47 Å². The molecule has 0 spiro atoms. The van der Waals surface area contributed by atoms with Crippen LogP contribution in [0, 0.1) is 10.1 Å². The fourth-order valence-electron chi connectivity index (χ4n) is 3.31. The Labute approximate surface area is 205 Å². The van der Waals surface area contributed by atoms with E-state index in [-0.39, 0.29) is 28.8 Å². The van der Waals surface area contributed by atoms with Crippen LogP contribution in [0.3, 0.4) is 0 Å². The molecule has 0 bridgehead atoms. The van der Waals surface area contributed by atoms with Crippen molar-refractivity contribution in [2.75, 3.05) is 6.61 Å². The highest BCUT2D eigenvalue weighted by Gasteiger charge is 2.24. The Kier molecular flexibility index (Phi) is 8.38. The van der Waals surface area contributed by atoms with Crippen molar-refractivity contribution in [2.24, 2.45) is 5.10 Å². The first-order chi connectivity index (χ1) is 16.3. The van der Waals surface area contributed by atoms with Gasteiger partial charge in [0.25, 0.3) is 5.56 Å². The molecule has 0 aliphatic heterocycles. The fourth-order valence-corrected chi connectivity index (χ4v) is 3.67. The van der Waals surface area contributed by atoms with Gasteiger partial charge in [0.2, 0.25) is 5.75 Å². The summed E-state index contributed by atoms with van der Waals surface area (Å²) in [6.07, 6.45) is 3.17. The van der Waals surface area contributed by atoms with E-state index in [9.17, 15) is 14.9 Å². The van der Waals surface area contributed by atoms with E-state index in [4.69, 9.17) is 9.47 Å². The molecule has 0 N–H and O–H groups in total. The maximum Gasteiger partial charge on any atom is 0.315 e. The van der Waals surface area contributed by atoms with Crippen LogP contribution in [0.5, 0.6) is 11.5 Å². The lowest BCUT2D eigenvalue weighted by Crippen LogP contribution is -2.22. The largest absolute Gasteiger partial charge is 0.490 e. The summed E-state index contributed by atoms with van der Waals surface area (Å²) in [6, 6.07) is 8.29. The molecule has 2 aromatic carbocycles. The zero-order valence-corrected chi connectivity index (χ0v) is 21.2. The van der Waals surface area contributed by atoms with Crippen LogP contribution in [0.2, 0.25) is 0 Å². The molecule has 1 aromatic heterocycles. The van der Waals surface area contributed by atoms with E-state index >= 15 is 0 Å². The van der Waals surface area contributed by atoms with Crippen molar-refractivity contribution in [1.29, 1.82) is 0 Å². The van der Waals surface area contributed by atoms with E-state index in [1.54, 1.807) is 25.1 Å². The minimum atomic E-state index is -0.513. The standard InChI is InChI=1S/C24H27BrN4O5/c1-5-8-22-27-19-10-9-17(25)13-18(19)24(30)28(22)26-14-16-11-20(29(31)32)23(34-15(4)6-2)21(12-16)33-7-3/h9-15H,5-8H2,1-4H3/t15-/m1/s1. The number of aryl methyl sites for hydroxylation is 1. The summed E-state index contributed by atoms with van der Waals surface area (Å²) in [5, 5.41) is 16.6. The maximum atomic E-state index is 13.2. The Morgan fingerprint density at radius 1 is 1.26 bits per heavy atom. The van der Waals surface area contributed by atoms with Crippen LogP contribution in [-0.4, -0.2) is 33.5 Å². The highest BCUT2D eigenvalue weighted by atomic mass is 79.9. The zero-order valence-electron chi connectivity index (χ0n) is 19.6. The summed E-state index contributed by atoms with van der Waals surface area (Å²) in [7, 11) is 0. The molecule has 3 rings (SSSR count). The number of ether oxygens (including phenoxy) is 2. The van der Waals surface area contributed by atoms with Gasteiger partial charge in [-0.2, -0.15) is 9.78 Å². The molecule has 3 aromatic rings. The van der Waals surface area contributed by atoms with Crippen molar-refractivity contribution < 1.29 is 14.4 Å². The van der Waals surface area contributed by atoms with Gasteiger partial charge in [0.05, 0.1) is 34.8 Å². The van der Waals surface area contributed by atoms with Gasteiger partial charge in [0.15, 0.2) is 5.75 Å². The molecule has 34 heavy (non-hydrogen) atoms. The van der Waals surface area contributed by atoms with Crippen LogP contribution in [0.4, 0.5) is 5.69 Å². The van der Waals surface area contributed by atoms with E-state index in [2.05, 4.69) is 26.0 Å². The lowest BCUT2D eigenvalue weighted by atomic mass is 10.1. The molecule has 0 saturated carbocycles. The summed E-state index contributed by atoms with van der Waals surface area (Å²) in [6.45, 7) is 7.84. The molecule has 9 nitrogen and oxygen atoms in total. The molecule has 180 valence electrons. The second kappa shape index (κ2) is 11.2. The number of benzene rings is 2. The molecule has 1 atom stereocenters. The maximum absolute atomic E-state index is 13.2. The highest BCUT2D eigenvalue weighted by Crippen LogP contribution is 2.39. The summed E-state index contributed by atoms with van der Waals surface area (Å²) in [4.78, 5) is 29.1. The molecular formula is C24H27BrN4O5. The van der Waals surface area contributed by atoms with Gasteiger partial charge in [-0.05, 0) is 51.0 Å². The van der Waals surface area contributed by atoms with Gasteiger partial charge >= 0.3 is 5.69 Å². The van der Waals surface area contributed by atoms with Gasteiger partial charge in [-0.3, -0.25) is 14.9 Å². The van der Waals surface area contributed by atoms with Gasteiger partial charge in [-0.25, -0.2) is 4.98 Å². The number of rotatable bonds is 10. The molecule has 1 heterocycles. The van der Waals surface area contributed by atoms with E-state index in [1.807, 2.05) is 26.8 Å². The van der Waals surface area contributed by atoms with E-state index < -0.39 is 4.92 Å². The molecule has 0 fully saturated rings. The second-order valence-corrected chi connectivity index (χ2v) is 8.61. The molecule has 0 aliphatic carbocycles. The lowest BCUT2D eigenvalue weighted by molar-refractivity contribution is -0.386. The van der Waals surface area contributed by atoms with Crippen molar-refractivity contribution >= 4 is 38.7 Å². The monoisotopic (exact) mass is 530 g/mol. The van der Waals surface area contributed by atoms with Crippen LogP contribution < -0.4 is 15.0 Å². The van der Waals surface area contributed by atoms with Crippen LogP contribution in [0.25, 0.3) is 10.9 Å². The first-order valence-corrected chi connectivity index (χ1v) is 12.0. The van der Waals surface area contributed by atoms with Crippen LogP contribution in [-0.2, 0) is 6.42 Å². The second-order valence-electron chi connectivity index (χ2n) is 7.70. The first-order valence-electron chi connectivity index (χ1n) is 11.2. The number of fused-ring (bicyclic) bond motifs is 1. The van der Waals surface area contributed by atoms with Gasteiger partial charge in [-0.15, -0.1) is 0 Å². The summed E-state index contributed by atoms with van der Waals surface area (Å²) >= 11 is 3.39. The number of nitro groups is 1. The fraction of sp³-hybridized carbons (Fsp3) is 0.375. The van der Waals surface area contributed by atoms with E-state index in [1.165, 1.54) is 17.0 Å². The molecule has 0 radical (unpaired) electrons. The summed E-state index contributed by atoms with van der Waals surface area (Å²) in [5.74, 6) is 0.842. The Morgan fingerprint density at radius 3 is 2.68 bits per heavy atom. The first kappa shape index (κ1) is 25.4. The van der Waals surface area contributed by atoms with Gasteiger partial charge in [0.1, 0.15) is 5.82 Å². The Bertz CT molecular complexity index is 1290. The summed E-state index contributed by atoms with van der Waals surface area (Å²) in [5.41, 5.74) is 0.441. The average molecular weight is 531 g/mol. The molecule has 0 saturated heterocycles. The van der Waals surface area contributed by atoms with Crippen molar-refractivity contribution in [1.82, 2.24) is 9.66 Å². The Hall–Kier alpha value is -3.27. The van der Waals surface area contributed by atoms with Crippen LogP contribution in [0.1, 0.15) is 51.9 Å². The van der Waals surface area contributed by atoms with Crippen molar-refractivity contribution in [2.45, 2.75) is 53.1 Å². The number of hydrogen-bond acceptors (Lipinski definition) is 7. The number of nitro benzene ring substituents is 1. The van der Waals surface area contributed by atoms with Crippen LogP contribution in [0.15, 0.2) is 44.7 Å². The quantitative estimate of drug-likeness (QED) is 0.195. The Morgan fingerprint density at radius 2 is 2.03 bits per heavy atom. The predicted molar refractivity (Wildman–Crippen MR) is 135 cm³/mol. The van der Waals surface area contributed by atoms with Crippen molar-refractivity contribution in [3.63, 3.8) is 0 Å².